The van der Waals surface area contributed by atoms with Crippen LogP contribution in [0.5, 0.6) is 5.75 Å². The lowest BCUT2D eigenvalue weighted by Gasteiger charge is -2.14. The molecule has 172 valence electrons. The molecule has 0 bridgehead atoms. The Hall–Kier alpha value is -3.65. The van der Waals surface area contributed by atoms with Crippen LogP contribution in [0.3, 0.4) is 0 Å². The SMILES string of the molecule is COC(=O)c1c(NC(=O)Cc2ccc(OC)cc2)sc(C(=O)NC(C)c2ccccc2)c1C. The van der Waals surface area contributed by atoms with Gasteiger partial charge in [-0.1, -0.05) is 42.5 Å². The van der Waals surface area contributed by atoms with Crippen molar-refractivity contribution in [3.05, 3.63) is 81.7 Å². The molecule has 2 aromatic carbocycles. The fourth-order valence-corrected chi connectivity index (χ4v) is 4.47. The van der Waals surface area contributed by atoms with E-state index in [0.29, 0.717) is 16.2 Å². The van der Waals surface area contributed by atoms with E-state index in [1.165, 1.54) is 7.11 Å². The number of carbonyl (C=O) groups excluding carboxylic acids is 3. The molecule has 0 aliphatic heterocycles. The highest BCUT2D eigenvalue weighted by Crippen LogP contribution is 2.34. The molecule has 0 fully saturated rings. The zero-order valence-electron chi connectivity index (χ0n) is 18.9. The summed E-state index contributed by atoms with van der Waals surface area (Å²) in [7, 11) is 2.84. The van der Waals surface area contributed by atoms with Gasteiger partial charge in [-0.25, -0.2) is 4.79 Å². The molecule has 1 aromatic heterocycles. The van der Waals surface area contributed by atoms with Crippen LogP contribution in [0.25, 0.3) is 0 Å². The van der Waals surface area contributed by atoms with E-state index in [1.807, 2.05) is 37.3 Å². The van der Waals surface area contributed by atoms with Crippen LogP contribution >= 0.6 is 11.3 Å². The number of thiophene rings is 1. The smallest absolute Gasteiger partial charge is 0.341 e. The standard InChI is InChI=1S/C25H26N2O5S/c1-15-21(25(30)32-4)24(27-20(28)14-17-10-12-19(31-3)13-11-17)33-22(15)23(29)26-16(2)18-8-6-5-7-9-18/h5-13,16H,14H2,1-4H3,(H,26,29)(H,27,28). The van der Waals surface area contributed by atoms with E-state index in [0.717, 1.165) is 22.5 Å². The van der Waals surface area contributed by atoms with Crippen molar-refractivity contribution < 1.29 is 23.9 Å². The summed E-state index contributed by atoms with van der Waals surface area (Å²) < 4.78 is 10.0. The first-order valence-electron chi connectivity index (χ1n) is 10.3. The van der Waals surface area contributed by atoms with Crippen LogP contribution in [0.15, 0.2) is 54.6 Å². The van der Waals surface area contributed by atoms with Crippen LogP contribution < -0.4 is 15.4 Å². The Kier molecular flexibility index (Phi) is 7.84. The molecule has 1 unspecified atom stereocenters. The monoisotopic (exact) mass is 466 g/mol. The number of methoxy groups -OCH3 is 2. The average Bonchev–Trinajstić information content (AvgIpc) is 3.15. The largest absolute Gasteiger partial charge is 0.497 e. The Labute approximate surface area is 196 Å². The molecule has 0 radical (unpaired) electrons. The number of hydrogen-bond acceptors (Lipinski definition) is 6. The minimum absolute atomic E-state index is 0.105. The average molecular weight is 467 g/mol. The molecule has 2 amide bonds. The second-order valence-corrected chi connectivity index (χ2v) is 8.45. The number of anilines is 1. The number of carbonyl (C=O) groups is 3. The number of nitrogens with one attached hydrogen (secondary N) is 2. The van der Waals surface area contributed by atoms with Crippen molar-refractivity contribution in [2.45, 2.75) is 26.3 Å². The van der Waals surface area contributed by atoms with Crippen molar-refractivity contribution >= 4 is 34.1 Å². The highest BCUT2D eigenvalue weighted by Gasteiger charge is 2.27. The first-order chi connectivity index (χ1) is 15.8. The van der Waals surface area contributed by atoms with Crippen molar-refractivity contribution in [1.29, 1.82) is 0 Å². The summed E-state index contributed by atoms with van der Waals surface area (Å²) in [6.07, 6.45) is 0.105. The maximum Gasteiger partial charge on any atom is 0.341 e. The number of ether oxygens (including phenoxy) is 2. The second-order valence-electron chi connectivity index (χ2n) is 7.43. The normalized spacial score (nSPS) is 11.4. The van der Waals surface area contributed by atoms with E-state index in [9.17, 15) is 14.4 Å². The van der Waals surface area contributed by atoms with E-state index in [4.69, 9.17) is 9.47 Å². The first-order valence-corrected chi connectivity index (χ1v) is 11.2. The van der Waals surface area contributed by atoms with E-state index in [2.05, 4.69) is 10.6 Å². The number of benzene rings is 2. The van der Waals surface area contributed by atoms with Gasteiger partial charge < -0.3 is 20.1 Å². The topological polar surface area (TPSA) is 93.7 Å². The Morgan fingerprint density at radius 3 is 2.27 bits per heavy atom. The summed E-state index contributed by atoms with van der Waals surface area (Å²) in [6.45, 7) is 3.55. The Morgan fingerprint density at radius 1 is 1.00 bits per heavy atom. The van der Waals surface area contributed by atoms with E-state index in [-0.39, 0.29) is 34.8 Å². The molecule has 1 atom stereocenters. The Bertz CT molecular complexity index is 1140. The molecule has 7 nitrogen and oxygen atoms in total. The van der Waals surface area contributed by atoms with Gasteiger partial charge in [0.2, 0.25) is 5.91 Å². The highest BCUT2D eigenvalue weighted by molar-refractivity contribution is 7.18. The zero-order valence-corrected chi connectivity index (χ0v) is 19.7. The predicted molar refractivity (Wildman–Crippen MR) is 128 cm³/mol. The van der Waals surface area contributed by atoms with Gasteiger partial charge in [0.05, 0.1) is 37.1 Å². The lowest BCUT2D eigenvalue weighted by Crippen LogP contribution is -2.26. The third-order valence-corrected chi connectivity index (χ3v) is 6.37. The van der Waals surface area contributed by atoms with Crippen LogP contribution in [0.1, 0.15) is 49.7 Å². The summed E-state index contributed by atoms with van der Waals surface area (Å²) in [5.41, 5.74) is 2.39. The predicted octanol–water partition coefficient (Wildman–Crippen LogP) is 4.52. The van der Waals surface area contributed by atoms with Crippen LogP contribution in [-0.4, -0.2) is 32.0 Å². The number of esters is 1. The lowest BCUT2D eigenvalue weighted by atomic mass is 10.1. The fourth-order valence-electron chi connectivity index (χ4n) is 3.35. The summed E-state index contributed by atoms with van der Waals surface area (Å²) in [4.78, 5) is 38.4. The summed E-state index contributed by atoms with van der Waals surface area (Å²) in [6, 6.07) is 16.5. The molecule has 0 aliphatic rings. The molecule has 0 aliphatic carbocycles. The molecule has 0 saturated carbocycles. The van der Waals surface area contributed by atoms with Gasteiger partial charge in [0.25, 0.3) is 5.91 Å². The second kappa shape index (κ2) is 10.8. The van der Waals surface area contributed by atoms with Crippen LogP contribution in [-0.2, 0) is 16.0 Å². The van der Waals surface area contributed by atoms with Gasteiger partial charge in [0.1, 0.15) is 10.8 Å². The number of amides is 2. The number of rotatable bonds is 8. The van der Waals surface area contributed by atoms with E-state index in [1.54, 1.807) is 38.3 Å². The summed E-state index contributed by atoms with van der Waals surface area (Å²) in [5, 5.41) is 6.01. The molecule has 0 saturated heterocycles. The summed E-state index contributed by atoms with van der Waals surface area (Å²) in [5.74, 6) is -0.550. The van der Waals surface area contributed by atoms with Crippen LogP contribution in [0, 0.1) is 6.92 Å². The van der Waals surface area contributed by atoms with Crippen molar-refractivity contribution in [3.8, 4) is 5.75 Å². The lowest BCUT2D eigenvalue weighted by molar-refractivity contribution is -0.115. The quantitative estimate of drug-likeness (QED) is 0.476. The first kappa shape index (κ1) is 24.0. The molecule has 1 heterocycles. The van der Waals surface area contributed by atoms with Crippen LogP contribution in [0.2, 0.25) is 0 Å². The van der Waals surface area contributed by atoms with Gasteiger partial charge >= 0.3 is 5.97 Å². The van der Waals surface area contributed by atoms with Gasteiger partial charge in [-0.05, 0) is 42.7 Å². The van der Waals surface area contributed by atoms with Crippen molar-refractivity contribution in [2.24, 2.45) is 0 Å². The van der Waals surface area contributed by atoms with Crippen molar-refractivity contribution in [1.82, 2.24) is 5.32 Å². The maximum atomic E-state index is 13.0. The number of hydrogen-bond donors (Lipinski definition) is 2. The molecular weight excluding hydrogens is 440 g/mol. The molecule has 3 aromatic rings. The molecular formula is C25H26N2O5S. The van der Waals surface area contributed by atoms with E-state index >= 15 is 0 Å². The Morgan fingerprint density at radius 2 is 1.67 bits per heavy atom. The molecule has 2 N–H and O–H groups in total. The van der Waals surface area contributed by atoms with E-state index < -0.39 is 5.97 Å². The van der Waals surface area contributed by atoms with Gasteiger partial charge in [0.15, 0.2) is 0 Å². The van der Waals surface area contributed by atoms with Gasteiger partial charge in [-0.2, -0.15) is 0 Å². The Balaban J connectivity index is 1.80. The van der Waals surface area contributed by atoms with Gasteiger partial charge in [-0.15, -0.1) is 11.3 Å². The minimum Gasteiger partial charge on any atom is -0.497 e. The fraction of sp³-hybridized carbons (Fsp3) is 0.240. The van der Waals surface area contributed by atoms with Crippen LogP contribution in [0.4, 0.5) is 5.00 Å². The molecule has 0 spiro atoms. The molecule has 8 heteroatoms. The third kappa shape index (κ3) is 5.78. The van der Waals surface area contributed by atoms with Gasteiger partial charge in [-0.3, -0.25) is 9.59 Å². The minimum atomic E-state index is -0.612. The third-order valence-electron chi connectivity index (χ3n) is 5.17. The van der Waals surface area contributed by atoms with Gasteiger partial charge in [0, 0.05) is 0 Å². The maximum absolute atomic E-state index is 13.0. The zero-order chi connectivity index (χ0) is 24.0. The molecule has 3 rings (SSSR count). The molecule has 33 heavy (non-hydrogen) atoms. The van der Waals surface area contributed by atoms with Crippen molar-refractivity contribution in [2.75, 3.05) is 19.5 Å². The van der Waals surface area contributed by atoms with Crippen molar-refractivity contribution in [3.63, 3.8) is 0 Å². The summed E-state index contributed by atoms with van der Waals surface area (Å²) >= 11 is 1.06. The highest BCUT2D eigenvalue weighted by atomic mass is 32.1.